The molecule has 0 saturated heterocycles. The van der Waals surface area contributed by atoms with Gasteiger partial charge in [0.1, 0.15) is 6.09 Å². The minimum Gasteiger partial charge on any atom is -0.530 e. The largest absolute Gasteiger partial charge is 0.530 e. The lowest BCUT2D eigenvalue weighted by atomic mass is 9.88. The Balaban J connectivity index is 2.11. The van der Waals surface area contributed by atoms with Crippen molar-refractivity contribution < 1.29 is 9.90 Å². The summed E-state index contributed by atoms with van der Waals surface area (Å²) in [5, 5.41) is 12.0. The smallest absolute Gasteiger partial charge is 0.137 e. The number of carbonyl (C=O) groups is 1. The van der Waals surface area contributed by atoms with Gasteiger partial charge in [-0.1, -0.05) is 48.0 Å². The molecule has 1 unspecified atom stereocenters. The molecule has 1 heterocycles. The van der Waals surface area contributed by atoms with Gasteiger partial charge in [-0.15, -0.1) is 0 Å². The average molecular weight is 287 g/mol. The second-order valence-electron chi connectivity index (χ2n) is 4.86. The van der Waals surface area contributed by atoms with Gasteiger partial charge in [0.15, 0.2) is 0 Å². The van der Waals surface area contributed by atoms with E-state index in [0.717, 1.165) is 11.1 Å². The molecule has 0 bridgehead atoms. The van der Waals surface area contributed by atoms with E-state index in [-0.39, 0.29) is 6.04 Å². The van der Waals surface area contributed by atoms with Crippen molar-refractivity contribution in [2.45, 2.75) is 12.5 Å². The molecule has 0 spiro atoms. The summed E-state index contributed by atoms with van der Waals surface area (Å²) in [6.45, 7) is 0.451. The lowest BCUT2D eigenvalue weighted by Gasteiger charge is -2.39. The Kier molecular flexibility index (Phi) is 3.36. The molecule has 4 heteroatoms. The quantitative estimate of drug-likeness (QED) is 0.809. The SMILES string of the molecule is O=C([O-])N1CCc2ccccc2C1c1ccc(Cl)cc1. The molecule has 1 amide bonds. The van der Waals surface area contributed by atoms with E-state index in [9.17, 15) is 9.90 Å². The fraction of sp³-hybridized carbons (Fsp3) is 0.188. The van der Waals surface area contributed by atoms with Gasteiger partial charge in [-0.25, -0.2) is 0 Å². The minimum atomic E-state index is -1.14. The Labute approximate surface area is 122 Å². The summed E-state index contributed by atoms with van der Waals surface area (Å²) in [4.78, 5) is 12.8. The zero-order chi connectivity index (χ0) is 14.1. The fourth-order valence-corrected chi connectivity index (χ4v) is 2.89. The van der Waals surface area contributed by atoms with Gasteiger partial charge in [0.25, 0.3) is 0 Å². The molecule has 0 N–H and O–H groups in total. The van der Waals surface area contributed by atoms with E-state index in [1.807, 2.05) is 36.4 Å². The molecule has 1 aliphatic rings. The molecule has 2 aromatic rings. The van der Waals surface area contributed by atoms with Crippen molar-refractivity contribution in [2.75, 3.05) is 6.54 Å². The van der Waals surface area contributed by atoms with Crippen LogP contribution in [0.25, 0.3) is 0 Å². The minimum absolute atomic E-state index is 0.317. The number of halogens is 1. The van der Waals surface area contributed by atoms with Crippen LogP contribution < -0.4 is 5.11 Å². The molecule has 20 heavy (non-hydrogen) atoms. The van der Waals surface area contributed by atoms with Crippen molar-refractivity contribution in [3.8, 4) is 0 Å². The number of carboxylic acid groups (broad SMARTS) is 1. The fourth-order valence-electron chi connectivity index (χ4n) is 2.77. The first-order chi connectivity index (χ1) is 9.66. The summed E-state index contributed by atoms with van der Waals surface area (Å²) >= 11 is 5.91. The Hall–Kier alpha value is -2.00. The maximum absolute atomic E-state index is 11.4. The summed E-state index contributed by atoms with van der Waals surface area (Å²) in [7, 11) is 0. The number of rotatable bonds is 1. The predicted octanol–water partition coefficient (Wildman–Crippen LogP) is 2.63. The third-order valence-corrected chi connectivity index (χ3v) is 3.96. The summed E-state index contributed by atoms with van der Waals surface area (Å²) in [5.41, 5.74) is 3.11. The van der Waals surface area contributed by atoms with E-state index < -0.39 is 6.09 Å². The number of hydrogen-bond acceptors (Lipinski definition) is 2. The molecular weight excluding hydrogens is 274 g/mol. The normalized spacial score (nSPS) is 17.6. The third kappa shape index (κ3) is 2.25. The topological polar surface area (TPSA) is 43.4 Å². The molecule has 0 radical (unpaired) electrons. The van der Waals surface area contributed by atoms with Gasteiger partial charge >= 0.3 is 0 Å². The second kappa shape index (κ2) is 5.17. The maximum Gasteiger partial charge on any atom is 0.137 e. The molecule has 1 aliphatic heterocycles. The number of fused-ring (bicyclic) bond motifs is 1. The summed E-state index contributed by atoms with van der Waals surface area (Å²) < 4.78 is 0. The highest BCUT2D eigenvalue weighted by Gasteiger charge is 2.28. The molecule has 1 atom stereocenters. The molecule has 2 aromatic carbocycles. The lowest BCUT2D eigenvalue weighted by molar-refractivity contribution is -0.267. The summed E-state index contributed by atoms with van der Waals surface area (Å²) in [6, 6.07) is 14.9. The first-order valence-corrected chi connectivity index (χ1v) is 6.85. The van der Waals surface area contributed by atoms with Crippen molar-refractivity contribution in [2.24, 2.45) is 0 Å². The Bertz CT molecular complexity index is 639. The van der Waals surface area contributed by atoms with Gasteiger partial charge in [0.2, 0.25) is 0 Å². The van der Waals surface area contributed by atoms with Gasteiger partial charge in [0, 0.05) is 11.6 Å². The van der Waals surface area contributed by atoms with Crippen LogP contribution in [-0.2, 0) is 6.42 Å². The van der Waals surface area contributed by atoms with Crippen LogP contribution in [0.4, 0.5) is 4.79 Å². The van der Waals surface area contributed by atoms with E-state index in [2.05, 4.69) is 0 Å². The molecular formula is C16H13ClNO2-. The van der Waals surface area contributed by atoms with Gasteiger partial charge < -0.3 is 14.8 Å². The molecule has 102 valence electrons. The van der Waals surface area contributed by atoms with Crippen LogP contribution in [0.15, 0.2) is 48.5 Å². The molecule has 0 aliphatic carbocycles. The van der Waals surface area contributed by atoms with Crippen molar-refractivity contribution in [1.29, 1.82) is 0 Å². The second-order valence-corrected chi connectivity index (χ2v) is 5.30. The summed E-state index contributed by atoms with van der Waals surface area (Å²) in [5.74, 6) is 0. The van der Waals surface area contributed by atoms with Gasteiger partial charge in [-0.2, -0.15) is 0 Å². The van der Waals surface area contributed by atoms with Crippen LogP contribution >= 0.6 is 11.6 Å². The van der Waals surface area contributed by atoms with E-state index in [4.69, 9.17) is 11.6 Å². The van der Waals surface area contributed by atoms with Gasteiger partial charge in [-0.3, -0.25) is 0 Å². The predicted molar refractivity (Wildman–Crippen MR) is 75.5 cm³/mol. The molecule has 3 rings (SSSR count). The molecule has 3 nitrogen and oxygen atoms in total. The Morgan fingerprint density at radius 3 is 2.55 bits per heavy atom. The maximum atomic E-state index is 11.4. The highest BCUT2D eigenvalue weighted by atomic mass is 35.5. The van der Waals surface area contributed by atoms with Gasteiger partial charge in [-0.05, 0) is 35.2 Å². The Morgan fingerprint density at radius 1 is 1.15 bits per heavy atom. The van der Waals surface area contributed by atoms with Crippen LogP contribution in [0.1, 0.15) is 22.7 Å². The van der Waals surface area contributed by atoms with Crippen molar-refractivity contribution in [1.82, 2.24) is 4.90 Å². The van der Waals surface area contributed by atoms with Crippen LogP contribution in [0, 0.1) is 0 Å². The number of benzene rings is 2. The molecule has 0 saturated carbocycles. The lowest BCUT2D eigenvalue weighted by Crippen LogP contribution is -2.47. The summed E-state index contributed by atoms with van der Waals surface area (Å²) in [6.07, 6.45) is -0.423. The first-order valence-electron chi connectivity index (χ1n) is 6.47. The van der Waals surface area contributed by atoms with Crippen LogP contribution in [-0.4, -0.2) is 17.5 Å². The number of hydrogen-bond donors (Lipinski definition) is 0. The zero-order valence-corrected chi connectivity index (χ0v) is 11.5. The zero-order valence-electron chi connectivity index (χ0n) is 10.8. The monoisotopic (exact) mass is 286 g/mol. The molecule has 0 aromatic heterocycles. The highest BCUT2D eigenvalue weighted by molar-refractivity contribution is 6.30. The van der Waals surface area contributed by atoms with Crippen molar-refractivity contribution in [3.05, 3.63) is 70.2 Å². The van der Waals surface area contributed by atoms with E-state index >= 15 is 0 Å². The van der Waals surface area contributed by atoms with Crippen LogP contribution in [0.3, 0.4) is 0 Å². The van der Waals surface area contributed by atoms with Crippen molar-refractivity contribution in [3.63, 3.8) is 0 Å². The average Bonchev–Trinajstić information content (AvgIpc) is 2.47. The van der Waals surface area contributed by atoms with Gasteiger partial charge in [0.05, 0.1) is 6.04 Å². The number of nitrogens with zero attached hydrogens (tertiary/aromatic N) is 1. The van der Waals surface area contributed by atoms with Crippen molar-refractivity contribution >= 4 is 17.7 Å². The van der Waals surface area contributed by atoms with Crippen LogP contribution in [0.2, 0.25) is 5.02 Å². The van der Waals surface area contributed by atoms with E-state index in [0.29, 0.717) is 18.0 Å². The van der Waals surface area contributed by atoms with E-state index in [1.165, 1.54) is 10.5 Å². The first kappa shape index (κ1) is 13.0. The number of carbonyl (C=O) groups excluding carboxylic acids is 1. The molecule has 0 fully saturated rings. The standard InChI is InChI=1S/C16H14ClNO2/c17-13-7-5-12(6-8-13)15-14-4-2-1-3-11(14)9-10-18(15)16(19)20/h1-8,15H,9-10H2,(H,19,20)/p-1. The Morgan fingerprint density at radius 2 is 1.85 bits per heavy atom. The number of amides is 1. The third-order valence-electron chi connectivity index (χ3n) is 3.70. The van der Waals surface area contributed by atoms with Crippen LogP contribution in [0.5, 0.6) is 0 Å². The van der Waals surface area contributed by atoms with E-state index in [1.54, 1.807) is 12.1 Å². The highest BCUT2D eigenvalue weighted by Crippen LogP contribution is 2.35.